The molecule has 1 fully saturated rings. The number of hydrogen-bond acceptors (Lipinski definition) is 4. The summed E-state index contributed by atoms with van der Waals surface area (Å²) in [4.78, 5) is 24.4. The van der Waals surface area contributed by atoms with Crippen molar-refractivity contribution < 1.29 is 19.8 Å². The molecule has 98 valence electrons. The van der Waals surface area contributed by atoms with Crippen molar-refractivity contribution in [1.29, 1.82) is 0 Å². The number of aliphatic carboxylic acids is 1. The van der Waals surface area contributed by atoms with E-state index in [2.05, 4.69) is 5.10 Å². The molecule has 0 aliphatic carbocycles. The summed E-state index contributed by atoms with van der Waals surface area (Å²) < 4.78 is 1.46. The minimum Gasteiger partial charge on any atom is -0.480 e. The van der Waals surface area contributed by atoms with E-state index >= 15 is 0 Å². The average Bonchev–Trinajstić information content (AvgIpc) is 2.95. The Hall–Kier alpha value is -1.89. The number of carboxylic acid groups (broad SMARTS) is 1. The number of rotatable bonds is 3. The molecule has 0 radical (unpaired) electrons. The predicted molar refractivity (Wildman–Crippen MR) is 60.7 cm³/mol. The summed E-state index contributed by atoms with van der Waals surface area (Å²) in [5, 5.41) is 22.5. The van der Waals surface area contributed by atoms with Gasteiger partial charge in [-0.1, -0.05) is 0 Å². The summed E-state index contributed by atoms with van der Waals surface area (Å²) in [6, 6.07) is 0.162. The zero-order valence-electron chi connectivity index (χ0n) is 9.93. The van der Waals surface area contributed by atoms with Gasteiger partial charge in [0.15, 0.2) is 0 Å². The molecule has 0 spiro atoms. The number of amides is 1. The van der Waals surface area contributed by atoms with Gasteiger partial charge in [0.25, 0.3) is 0 Å². The molecule has 3 atom stereocenters. The molecule has 7 heteroatoms. The highest BCUT2D eigenvalue weighted by atomic mass is 16.4. The maximum Gasteiger partial charge on any atom is 0.326 e. The number of carbonyl (C=O) groups is 2. The SMILES string of the molecule is CC(C(=O)N1C[C@@H](O)C[C@H]1C(=O)O)n1cccn1. The summed E-state index contributed by atoms with van der Waals surface area (Å²) in [5.74, 6) is -1.43. The van der Waals surface area contributed by atoms with Crippen LogP contribution in [-0.2, 0) is 9.59 Å². The fourth-order valence-corrected chi connectivity index (χ4v) is 2.15. The molecule has 1 unspecified atom stereocenters. The molecule has 0 saturated carbocycles. The second-order valence-electron chi connectivity index (χ2n) is 4.40. The van der Waals surface area contributed by atoms with Crippen LogP contribution in [0.25, 0.3) is 0 Å². The van der Waals surface area contributed by atoms with Gasteiger partial charge in [0.05, 0.1) is 6.10 Å². The Balaban J connectivity index is 2.15. The van der Waals surface area contributed by atoms with Crippen molar-refractivity contribution in [2.45, 2.75) is 31.5 Å². The van der Waals surface area contributed by atoms with Gasteiger partial charge in [0.2, 0.25) is 5.91 Å². The molecule has 0 bridgehead atoms. The number of β-amino-alcohol motifs (C(OH)–C–C–N with tert-alkyl or cyclic N) is 1. The minimum absolute atomic E-state index is 0.0570. The van der Waals surface area contributed by atoms with Crippen LogP contribution in [0.15, 0.2) is 18.5 Å². The highest BCUT2D eigenvalue weighted by Gasteiger charge is 2.40. The first kappa shape index (κ1) is 12.6. The summed E-state index contributed by atoms with van der Waals surface area (Å²) in [6.45, 7) is 1.71. The van der Waals surface area contributed by atoms with Crippen LogP contribution in [0, 0.1) is 0 Å². The number of likely N-dealkylation sites (tertiary alicyclic amines) is 1. The molecule has 18 heavy (non-hydrogen) atoms. The molecule has 0 aromatic carbocycles. The lowest BCUT2D eigenvalue weighted by molar-refractivity contribution is -0.149. The van der Waals surface area contributed by atoms with Crippen molar-refractivity contribution in [2.75, 3.05) is 6.54 Å². The van der Waals surface area contributed by atoms with Gasteiger partial charge in [0.1, 0.15) is 12.1 Å². The number of hydrogen-bond donors (Lipinski definition) is 2. The Morgan fingerprint density at radius 2 is 2.22 bits per heavy atom. The molecule has 2 rings (SSSR count). The van der Waals surface area contributed by atoms with Gasteiger partial charge in [-0.2, -0.15) is 5.10 Å². The lowest BCUT2D eigenvalue weighted by atomic mass is 10.2. The van der Waals surface area contributed by atoms with Crippen molar-refractivity contribution >= 4 is 11.9 Å². The lowest BCUT2D eigenvalue weighted by Gasteiger charge is -2.24. The molecule has 1 aliphatic rings. The van der Waals surface area contributed by atoms with Gasteiger partial charge in [-0.3, -0.25) is 9.48 Å². The van der Waals surface area contributed by atoms with E-state index in [-0.39, 0.29) is 18.9 Å². The standard InChI is InChI=1S/C11H15N3O4/c1-7(14-4-2-3-12-14)10(16)13-6-8(15)5-9(13)11(17)18/h2-4,7-9,15H,5-6H2,1H3,(H,17,18)/t7?,8-,9-/m0/s1. The van der Waals surface area contributed by atoms with Gasteiger partial charge >= 0.3 is 5.97 Å². The normalized spacial score (nSPS) is 25.1. The fraction of sp³-hybridized carbons (Fsp3) is 0.545. The maximum atomic E-state index is 12.2. The lowest BCUT2D eigenvalue weighted by Crippen LogP contribution is -2.43. The fourth-order valence-electron chi connectivity index (χ4n) is 2.15. The summed E-state index contributed by atoms with van der Waals surface area (Å²) in [7, 11) is 0. The maximum absolute atomic E-state index is 12.2. The third kappa shape index (κ3) is 2.21. The third-order valence-electron chi connectivity index (χ3n) is 3.13. The van der Waals surface area contributed by atoms with Crippen molar-refractivity contribution in [3.8, 4) is 0 Å². The van der Waals surface area contributed by atoms with Gasteiger partial charge in [-0.15, -0.1) is 0 Å². The Bertz CT molecular complexity index is 445. The van der Waals surface area contributed by atoms with Gasteiger partial charge in [-0.05, 0) is 13.0 Å². The Morgan fingerprint density at radius 1 is 1.50 bits per heavy atom. The van der Waals surface area contributed by atoms with Gasteiger partial charge in [0, 0.05) is 25.4 Å². The van der Waals surface area contributed by atoms with Crippen LogP contribution in [0.5, 0.6) is 0 Å². The smallest absolute Gasteiger partial charge is 0.326 e. The number of aliphatic hydroxyl groups excluding tert-OH is 1. The van der Waals surface area contributed by atoms with E-state index in [1.54, 1.807) is 25.4 Å². The molecule has 1 amide bonds. The minimum atomic E-state index is -1.09. The Labute approximate surface area is 104 Å². The third-order valence-corrected chi connectivity index (χ3v) is 3.13. The number of carboxylic acids is 1. The van der Waals surface area contributed by atoms with Crippen molar-refractivity contribution in [1.82, 2.24) is 14.7 Å². The number of aliphatic hydroxyl groups is 1. The van der Waals surface area contributed by atoms with E-state index in [1.165, 1.54) is 9.58 Å². The number of aromatic nitrogens is 2. The summed E-state index contributed by atoms with van der Waals surface area (Å²) >= 11 is 0. The first-order valence-corrected chi connectivity index (χ1v) is 5.71. The van der Waals surface area contributed by atoms with E-state index in [0.717, 1.165) is 0 Å². The highest BCUT2D eigenvalue weighted by molar-refractivity contribution is 5.86. The van der Waals surface area contributed by atoms with Gasteiger partial charge < -0.3 is 15.1 Å². The molecular weight excluding hydrogens is 238 g/mol. The van der Waals surface area contributed by atoms with Crippen LogP contribution in [0.2, 0.25) is 0 Å². The molecule has 7 nitrogen and oxygen atoms in total. The second kappa shape index (κ2) is 4.77. The van der Waals surface area contributed by atoms with Crippen LogP contribution in [0.4, 0.5) is 0 Å². The monoisotopic (exact) mass is 253 g/mol. The first-order valence-electron chi connectivity index (χ1n) is 5.71. The van der Waals surface area contributed by atoms with Crippen LogP contribution >= 0.6 is 0 Å². The van der Waals surface area contributed by atoms with Crippen molar-refractivity contribution in [2.24, 2.45) is 0 Å². The second-order valence-corrected chi connectivity index (χ2v) is 4.40. The molecule has 1 aromatic rings. The Kier molecular flexibility index (Phi) is 3.33. The molecule has 2 N–H and O–H groups in total. The van der Waals surface area contributed by atoms with Crippen molar-refractivity contribution in [3.05, 3.63) is 18.5 Å². The van der Waals surface area contributed by atoms with Crippen LogP contribution in [0.1, 0.15) is 19.4 Å². The zero-order valence-corrected chi connectivity index (χ0v) is 9.93. The van der Waals surface area contributed by atoms with Crippen LogP contribution in [-0.4, -0.2) is 55.5 Å². The first-order chi connectivity index (χ1) is 8.50. The number of carbonyl (C=O) groups excluding carboxylic acids is 1. The van der Waals surface area contributed by atoms with Crippen molar-refractivity contribution in [3.63, 3.8) is 0 Å². The van der Waals surface area contributed by atoms with E-state index in [9.17, 15) is 14.7 Å². The van der Waals surface area contributed by atoms with Crippen LogP contribution in [0.3, 0.4) is 0 Å². The van der Waals surface area contributed by atoms with Gasteiger partial charge in [-0.25, -0.2) is 4.79 Å². The molecule has 1 aromatic heterocycles. The Morgan fingerprint density at radius 3 is 2.78 bits per heavy atom. The molecule has 1 aliphatic heterocycles. The highest BCUT2D eigenvalue weighted by Crippen LogP contribution is 2.21. The number of nitrogens with zero attached hydrogens (tertiary/aromatic N) is 3. The van der Waals surface area contributed by atoms with E-state index in [0.29, 0.717) is 0 Å². The quantitative estimate of drug-likeness (QED) is 0.756. The van der Waals surface area contributed by atoms with Crippen LogP contribution < -0.4 is 0 Å². The molecule has 2 heterocycles. The topological polar surface area (TPSA) is 95.7 Å². The summed E-state index contributed by atoms with van der Waals surface area (Å²) in [6.07, 6.45) is 2.49. The zero-order chi connectivity index (χ0) is 13.3. The largest absolute Gasteiger partial charge is 0.480 e. The van der Waals surface area contributed by atoms with E-state index in [1.807, 2.05) is 0 Å². The molecular formula is C11H15N3O4. The average molecular weight is 253 g/mol. The summed E-state index contributed by atoms with van der Waals surface area (Å²) in [5.41, 5.74) is 0. The van der Waals surface area contributed by atoms with E-state index in [4.69, 9.17) is 5.11 Å². The van der Waals surface area contributed by atoms with E-state index < -0.39 is 24.2 Å². The molecule has 1 saturated heterocycles. The predicted octanol–water partition coefficient (Wildman–Crippen LogP) is -0.510.